The number of rotatable bonds is 7. The van der Waals surface area contributed by atoms with Crippen molar-refractivity contribution in [1.29, 1.82) is 0 Å². The number of methoxy groups -OCH3 is 1. The van der Waals surface area contributed by atoms with Gasteiger partial charge < -0.3 is 20.1 Å². The van der Waals surface area contributed by atoms with Gasteiger partial charge in [0.15, 0.2) is 10.8 Å². The minimum Gasteiger partial charge on any atom is -0.478 e. The maximum atomic E-state index is 14.4. The van der Waals surface area contributed by atoms with Gasteiger partial charge in [-0.1, -0.05) is 29.8 Å². The third-order valence-electron chi connectivity index (χ3n) is 7.68. The summed E-state index contributed by atoms with van der Waals surface area (Å²) in [5.74, 6) is -2.31. The summed E-state index contributed by atoms with van der Waals surface area (Å²) in [6.07, 6.45) is 1.68. The molecule has 2 atom stereocenters. The predicted molar refractivity (Wildman–Crippen MR) is 158 cm³/mol. The summed E-state index contributed by atoms with van der Waals surface area (Å²) in [7, 11) is 1.32. The fourth-order valence-corrected chi connectivity index (χ4v) is 6.47. The van der Waals surface area contributed by atoms with Gasteiger partial charge in [0, 0.05) is 66.3 Å². The Labute approximate surface area is 254 Å². The number of anilines is 1. The topological polar surface area (TPSA) is 128 Å². The summed E-state index contributed by atoms with van der Waals surface area (Å²) in [4.78, 5) is 52.3. The van der Waals surface area contributed by atoms with Gasteiger partial charge in [-0.2, -0.15) is 0 Å². The van der Waals surface area contributed by atoms with Crippen molar-refractivity contribution in [2.24, 2.45) is 4.99 Å². The van der Waals surface area contributed by atoms with E-state index in [1.807, 2.05) is 17.5 Å². The first-order valence-corrected chi connectivity index (χ1v) is 14.6. The van der Waals surface area contributed by atoms with Crippen LogP contribution >= 0.6 is 22.9 Å². The van der Waals surface area contributed by atoms with Gasteiger partial charge in [-0.05, 0) is 24.3 Å². The molecule has 2 amide bonds. The number of halogens is 2. The number of aromatic carboxylic acids is 1. The largest absolute Gasteiger partial charge is 0.478 e. The van der Waals surface area contributed by atoms with Crippen LogP contribution < -0.4 is 10.2 Å². The number of esters is 1. The Bertz CT molecular complexity index is 1660. The van der Waals surface area contributed by atoms with Crippen molar-refractivity contribution in [2.75, 3.05) is 44.7 Å². The van der Waals surface area contributed by atoms with E-state index in [1.54, 1.807) is 23.2 Å². The van der Waals surface area contributed by atoms with E-state index in [9.17, 15) is 18.8 Å². The molecular formula is C29H26ClFN6O5S. The molecule has 0 saturated carbocycles. The average Bonchev–Trinajstić information content (AvgIpc) is 3.65. The lowest BCUT2D eigenvalue weighted by molar-refractivity contribution is -0.136. The number of aliphatic imine (C=N–C) groups is 1. The molecule has 3 aromatic rings. The highest BCUT2D eigenvalue weighted by molar-refractivity contribution is 7.11. The van der Waals surface area contributed by atoms with Crippen LogP contribution in [-0.4, -0.2) is 89.6 Å². The molecule has 2 saturated heterocycles. The van der Waals surface area contributed by atoms with Crippen molar-refractivity contribution in [3.8, 4) is 0 Å². The number of nitrogens with one attached hydrogen (secondary N) is 1. The number of piperazine rings is 1. The van der Waals surface area contributed by atoms with Crippen molar-refractivity contribution in [1.82, 2.24) is 20.1 Å². The van der Waals surface area contributed by atoms with E-state index in [4.69, 9.17) is 26.4 Å². The number of fused-ring (bicyclic) bond motifs is 1. The third-order valence-corrected chi connectivity index (χ3v) is 8.80. The third kappa shape index (κ3) is 5.46. The minimum absolute atomic E-state index is 0.208. The fourth-order valence-electron chi connectivity index (χ4n) is 5.64. The Kier molecular flexibility index (Phi) is 7.86. The summed E-state index contributed by atoms with van der Waals surface area (Å²) < 4.78 is 19.6. The molecule has 2 N–H and O–H groups in total. The Hall–Kier alpha value is -4.33. The number of thiazole rings is 1. The zero-order chi connectivity index (χ0) is 30.2. The van der Waals surface area contributed by atoms with E-state index < -0.39 is 29.4 Å². The number of amidine groups is 1. The van der Waals surface area contributed by atoms with E-state index >= 15 is 0 Å². The summed E-state index contributed by atoms with van der Waals surface area (Å²) in [5.41, 5.74) is 1.42. The van der Waals surface area contributed by atoms with Gasteiger partial charge >= 0.3 is 18.0 Å². The van der Waals surface area contributed by atoms with E-state index in [2.05, 4.69) is 15.2 Å². The number of carboxylic acids is 1. The Morgan fingerprint density at radius 2 is 2.02 bits per heavy atom. The average molecular weight is 625 g/mol. The SMILES string of the molecule is COC(=O)C1=C(CN2CCN3C(=O)N(c4ccc(C(=O)O)c(F)c4)C[C@@H]3C2)NC(c2nccs2)=N[C@H]1c1ccccc1Cl. The van der Waals surface area contributed by atoms with Crippen LogP contribution in [0.3, 0.4) is 0 Å². The van der Waals surface area contributed by atoms with Gasteiger partial charge in [0.25, 0.3) is 0 Å². The highest BCUT2D eigenvalue weighted by Crippen LogP contribution is 2.37. The number of carbonyl (C=O) groups excluding carboxylic acids is 2. The molecular weight excluding hydrogens is 599 g/mol. The first-order chi connectivity index (χ1) is 20.7. The van der Waals surface area contributed by atoms with Crippen molar-refractivity contribution >= 4 is 52.4 Å². The molecule has 222 valence electrons. The van der Waals surface area contributed by atoms with E-state index in [0.717, 1.165) is 12.1 Å². The summed E-state index contributed by atoms with van der Waals surface area (Å²) in [5, 5.41) is 15.4. The quantitative estimate of drug-likeness (QED) is 0.380. The number of carboxylic acid groups (broad SMARTS) is 1. The molecule has 0 radical (unpaired) electrons. The van der Waals surface area contributed by atoms with Gasteiger partial charge in [0.2, 0.25) is 0 Å². The molecule has 3 aliphatic rings. The van der Waals surface area contributed by atoms with Gasteiger partial charge in [-0.3, -0.25) is 14.8 Å². The molecule has 14 heteroatoms. The van der Waals surface area contributed by atoms with E-state index in [0.29, 0.717) is 71.1 Å². The number of aromatic nitrogens is 1. The second kappa shape index (κ2) is 11.7. The molecule has 4 heterocycles. The zero-order valence-electron chi connectivity index (χ0n) is 22.9. The number of benzene rings is 2. The Balaban J connectivity index is 1.28. The summed E-state index contributed by atoms with van der Waals surface area (Å²) in [6.45, 7) is 2.04. The number of urea groups is 1. The molecule has 43 heavy (non-hydrogen) atoms. The van der Waals surface area contributed by atoms with Crippen LogP contribution in [0.15, 0.2) is 70.3 Å². The molecule has 0 bridgehead atoms. The molecule has 1 aromatic heterocycles. The maximum absolute atomic E-state index is 14.4. The number of nitrogens with zero attached hydrogens (tertiary/aromatic N) is 5. The number of hydrogen-bond acceptors (Lipinski definition) is 9. The first kappa shape index (κ1) is 28.8. The number of amides is 2. The van der Waals surface area contributed by atoms with Crippen LogP contribution in [0.4, 0.5) is 14.9 Å². The smallest absolute Gasteiger partial charge is 0.338 e. The van der Waals surface area contributed by atoms with Crippen LogP contribution in [0.25, 0.3) is 0 Å². The molecule has 0 spiro atoms. The van der Waals surface area contributed by atoms with Crippen LogP contribution in [0.2, 0.25) is 5.02 Å². The number of hydrogen-bond donors (Lipinski definition) is 2. The van der Waals surface area contributed by atoms with Gasteiger partial charge in [0.05, 0.1) is 24.3 Å². The standard InChI is InChI=1S/C29H26ClFN6O5S/c1-42-28(40)23-22(33-25(26-32-8-11-43-26)34-24(23)18-4-2-3-5-20(18)30)15-35-9-10-36-17(13-35)14-37(29(36)41)16-6-7-19(27(38)39)21(31)12-16/h2-8,11-12,17,24H,9-10,13-15H2,1H3,(H,33,34)(H,38,39)/t17-,24-/m0/s1. The lowest BCUT2D eigenvalue weighted by Gasteiger charge is -2.38. The summed E-state index contributed by atoms with van der Waals surface area (Å²) in [6, 6.07) is 9.68. The molecule has 3 aliphatic heterocycles. The van der Waals surface area contributed by atoms with Crippen LogP contribution in [0.1, 0.15) is 27.0 Å². The van der Waals surface area contributed by atoms with Crippen molar-refractivity contribution in [3.63, 3.8) is 0 Å². The van der Waals surface area contributed by atoms with Gasteiger partial charge in [-0.25, -0.2) is 23.8 Å². The van der Waals surface area contributed by atoms with Crippen molar-refractivity contribution < 1.29 is 28.6 Å². The van der Waals surface area contributed by atoms with E-state index in [-0.39, 0.29) is 12.1 Å². The van der Waals surface area contributed by atoms with E-state index in [1.165, 1.54) is 29.4 Å². The normalized spacial score (nSPS) is 20.5. The second-order valence-corrected chi connectivity index (χ2v) is 11.5. The second-order valence-electron chi connectivity index (χ2n) is 10.2. The summed E-state index contributed by atoms with van der Waals surface area (Å²) >= 11 is 7.98. The van der Waals surface area contributed by atoms with Crippen molar-refractivity contribution in [2.45, 2.75) is 12.1 Å². The predicted octanol–water partition coefficient (Wildman–Crippen LogP) is 3.78. The Morgan fingerprint density at radius 3 is 2.72 bits per heavy atom. The van der Waals surface area contributed by atoms with Crippen LogP contribution in [0, 0.1) is 5.82 Å². The number of ether oxygens (including phenoxy) is 1. The van der Waals surface area contributed by atoms with Crippen LogP contribution in [-0.2, 0) is 9.53 Å². The van der Waals surface area contributed by atoms with Gasteiger partial charge in [-0.15, -0.1) is 11.3 Å². The minimum atomic E-state index is -1.37. The van der Waals surface area contributed by atoms with Gasteiger partial charge in [0.1, 0.15) is 11.9 Å². The maximum Gasteiger partial charge on any atom is 0.338 e. The molecule has 6 rings (SSSR count). The van der Waals surface area contributed by atoms with Crippen molar-refractivity contribution in [3.05, 3.63) is 92.3 Å². The monoisotopic (exact) mass is 624 g/mol. The molecule has 2 aromatic carbocycles. The van der Waals surface area contributed by atoms with Crippen LogP contribution in [0.5, 0.6) is 0 Å². The number of carbonyl (C=O) groups is 3. The first-order valence-electron chi connectivity index (χ1n) is 13.4. The lowest BCUT2D eigenvalue weighted by Crippen LogP contribution is -2.53. The molecule has 2 fully saturated rings. The lowest BCUT2D eigenvalue weighted by atomic mass is 9.95. The molecule has 11 nitrogen and oxygen atoms in total. The highest BCUT2D eigenvalue weighted by Gasteiger charge is 2.42. The Morgan fingerprint density at radius 1 is 1.21 bits per heavy atom. The zero-order valence-corrected chi connectivity index (χ0v) is 24.4. The molecule has 0 unspecified atom stereocenters. The fraction of sp³-hybridized carbons (Fsp3) is 0.276. The highest BCUT2D eigenvalue weighted by atomic mass is 35.5. The molecule has 0 aliphatic carbocycles.